The lowest BCUT2D eigenvalue weighted by Crippen LogP contribution is -1.78. The van der Waals surface area contributed by atoms with Crippen LogP contribution in [0.3, 0.4) is 0 Å². The van der Waals surface area contributed by atoms with E-state index < -0.39 is 0 Å². The van der Waals surface area contributed by atoms with E-state index in [1.54, 1.807) is 12.5 Å². The maximum Gasteiger partial charge on any atom is 0.144 e. The Morgan fingerprint density at radius 3 is 2.93 bits per heavy atom. The van der Waals surface area contributed by atoms with E-state index in [2.05, 4.69) is 24.0 Å². The largest absolute Gasteiger partial charge is 0.463 e. The molecule has 0 aliphatic rings. The van der Waals surface area contributed by atoms with Gasteiger partial charge < -0.3 is 4.42 Å². The summed E-state index contributed by atoms with van der Waals surface area (Å²) in [6.45, 7) is 2.13. The van der Waals surface area contributed by atoms with Crippen LogP contribution in [0.4, 0.5) is 5.69 Å². The predicted octanol–water partition coefficient (Wildman–Crippen LogP) is 3.59. The molecule has 0 atom stereocenters. The zero-order chi connectivity index (χ0) is 10.5. The molecule has 0 N–H and O–H groups in total. The van der Waals surface area contributed by atoms with Gasteiger partial charge in [-0.2, -0.15) is 0 Å². The molecule has 1 heterocycles. The van der Waals surface area contributed by atoms with Crippen LogP contribution in [0.25, 0.3) is 0 Å². The van der Waals surface area contributed by atoms with Gasteiger partial charge in [-0.3, -0.25) is 4.99 Å². The molecule has 0 aliphatic heterocycles. The highest BCUT2D eigenvalue weighted by molar-refractivity contribution is 5.78. The zero-order valence-electron chi connectivity index (χ0n) is 8.68. The third kappa shape index (κ3) is 2.56. The van der Waals surface area contributed by atoms with Crippen LogP contribution >= 0.6 is 0 Å². The molecule has 0 fully saturated rings. The second-order valence-corrected chi connectivity index (χ2v) is 3.30. The fraction of sp³-hybridized carbons (Fsp3) is 0.154. The van der Waals surface area contributed by atoms with Crippen molar-refractivity contribution in [3.8, 4) is 0 Å². The highest BCUT2D eigenvalue weighted by atomic mass is 16.3. The Morgan fingerprint density at radius 1 is 1.27 bits per heavy atom. The molecular weight excluding hydrogens is 186 g/mol. The van der Waals surface area contributed by atoms with Gasteiger partial charge in [0.05, 0.1) is 18.2 Å². The van der Waals surface area contributed by atoms with Crippen LogP contribution in [0.2, 0.25) is 0 Å². The van der Waals surface area contributed by atoms with Gasteiger partial charge in [0, 0.05) is 0 Å². The molecule has 2 rings (SSSR count). The van der Waals surface area contributed by atoms with Crippen LogP contribution < -0.4 is 0 Å². The monoisotopic (exact) mass is 199 g/mol. The van der Waals surface area contributed by atoms with Gasteiger partial charge in [0.25, 0.3) is 0 Å². The molecule has 1 aromatic heterocycles. The van der Waals surface area contributed by atoms with Crippen molar-refractivity contribution in [3.05, 3.63) is 54.0 Å². The summed E-state index contributed by atoms with van der Waals surface area (Å²) in [5.74, 6) is 0.775. The molecule has 0 unspecified atom stereocenters. The second kappa shape index (κ2) is 4.60. The molecule has 0 saturated heterocycles. The Bertz CT molecular complexity index is 443. The summed E-state index contributed by atoms with van der Waals surface area (Å²) < 4.78 is 5.16. The Morgan fingerprint density at radius 2 is 2.20 bits per heavy atom. The lowest BCUT2D eigenvalue weighted by Gasteiger charge is -1.97. The SMILES string of the molecule is CCc1cccc(/N=C/c2ccco2)c1. The number of nitrogens with zero attached hydrogens (tertiary/aromatic N) is 1. The predicted molar refractivity (Wildman–Crippen MR) is 61.8 cm³/mol. The van der Waals surface area contributed by atoms with Gasteiger partial charge in [-0.15, -0.1) is 0 Å². The summed E-state index contributed by atoms with van der Waals surface area (Å²) in [6, 6.07) is 11.9. The molecule has 2 aromatic rings. The minimum atomic E-state index is 0.775. The van der Waals surface area contributed by atoms with Crippen LogP contribution in [0.5, 0.6) is 0 Å². The molecule has 0 radical (unpaired) electrons. The molecule has 1 aromatic carbocycles. The maximum absolute atomic E-state index is 5.16. The van der Waals surface area contributed by atoms with E-state index in [-0.39, 0.29) is 0 Å². The number of furan rings is 1. The van der Waals surface area contributed by atoms with E-state index in [0.29, 0.717) is 0 Å². The van der Waals surface area contributed by atoms with Gasteiger partial charge in [-0.25, -0.2) is 0 Å². The van der Waals surface area contributed by atoms with E-state index in [4.69, 9.17) is 4.42 Å². The van der Waals surface area contributed by atoms with Crippen molar-refractivity contribution < 1.29 is 4.42 Å². The molecular formula is C13H13NO. The number of aliphatic imine (C=N–C) groups is 1. The minimum Gasteiger partial charge on any atom is -0.463 e. The van der Waals surface area contributed by atoms with Crippen molar-refractivity contribution in [2.45, 2.75) is 13.3 Å². The quantitative estimate of drug-likeness (QED) is 0.693. The Hall–Kier alpha value is -1.83. The number of hydrogen-bond acceptors (Lipinski definition) is 2. The summed E-state index contributed by atoms with van der Waals surface area (Å²) in [4.78, 5) is 4.34. The molecule has 2 heteroatoms. The zero-order valence-corrected chi connectivity index (χ0v) is 8.68. The van der Waals surface area contributed by atoms with Crippen molar-refractivity contribution in [1.82, 2.24) is 0 Å². The summed E-state index contributed by atoms with van der Waals surface area (Å²) in [5, 5.41) is 0. The molecule has 76 valence electrons. The van der Waals surface area contributed by atoms with Gasteiger partial charge in [0.1, 0.15) is 5.76 Å². The van der Waals surface area contributed by atoms with Crippen LogP contribution in [0.1, 0.15) is 18.2 Å². The van der Waals surface area contributed by atoms with Crippen molar-refractivity contribution in [2.24, 2.45) is 4.99 Å². The minimum absolute atomic E-state index is 0.775. The summed E-state index contributed by atoms with van der Waals surface area (Å²) >= 11 is 0. The van der Waals surface area contributed by atoms with Gasteiger partial charge in [-0.1, -0.05) is 19.1 Å². The fourth-order valence-corrected chi connectivity index (χ4v) is 1.36. The third-order valence-corrected chi connectivity index (χ3v) is 2.20. The first kappa shape index (κ1) is 9.71. The number of aryl methyl sites for hydroxylation is 1. The van der Waals surface area contributed by atoms with Gasteiger partial charge >= 0.3 is 0 Å². The van der Waals surface area contributed by atoms with Crippen LogP contribution in [0.15, 0.2) is 52.1 Å². The lowest BCUT2D eigenvalue weighted by atomic mass is 10.1. The molecule has 0 spiro atoms. The number of hydrogen-bond donors (Lipinski definition) is 0. The number of rotatable bonds is 3. The first-order chi connectivity index (χ1) is 7.38. The lowest BCUT2D eigenvalue weighted by molar-refractivity contribution is 0.560. The Kier molecular flexibility index (Phi) is 2.98. The molecule has 0 amide bonds. The van der Waals surface area contributed by atoms with E-state index in [1.807, 2.05) is 24.3 Å². The molecule has 0 aliphatic carbocycles. The van der Waals surface area contributed by atoms with Gasteiger partial charge in [-0.05, 0) is 36.2 Å². The van der Waals surface area contributed by atoms with Crippen LogP contribution in [-0.2, 0) is 6.42 Å². The van der Waals surface area contributed by atoms with Crippen molar-refractivity contribution in [1.29, 1.82) is 0 Å². The third-order valence-electron chi connectivity index (χ3n) is 2.20. The van der Waals surface area contributed by atoms with E-state index >= 15 is 0 Å². The van der Waals surface area contributed by atoms with Gasteiger partial charge in [0.2, 0.25) is 0 Å². The first-order valence-electron chi connectivity index (χ1n) is 5.05. The van der Waals surface area contributed by atoms with Crippen molar-refractivity contribution in [2.75, 3.05) is 0 Å². The second-order valence-electron chi connectivity index (χ2n) is 3.30. The Balaban J connectivity index is 2.17. The standard InChI is InChI=1S/C13H13NO/c1-2-11-5-3-6-12(9-11)14-10-13-7-4-8-15-13/h3-10H,2H2,1H3/b14-10+. The summed E-state index contributed by atoms with van der Waals surface area (Å²) in [7, 11) is 0. The van der Waals surface area contributed by atoms with E-state index in [1.165, 1.54) is 5.56 Å². The summed E-state index contributed by atoms with van der Waals surface area (Å²) in [5.41, 5.74) is 2.26. The smallest absolute Gasteiger partial charge is 0.144 e. The molecule has 0 saturated carbocycles. The fourth-order valence-electron chi connectivity index (χ4n) is 1.36. The van der Waals surface area contributed by atoms with Crippen molar-refractivity contribution in [3.63, 3.8) is 0 Å². The van der Waals surface area contributed by atoms with E-state index in [9.17, 15) is 0 Å². The maximum atomic E-state index is 5.16. The first-order valence-corrected chi connectivity index (χ1v) is 5.05. The number of benzene rings is 1. The van der Waals surface area contributed by atoms with Gasteiger partial charge in [0.15, 0.2) is 0 Å². The molecule has 0 bridgehead atoms. The molecule has 2 nitrogen and oxygen atoms in total. The highest BCUT2D eigenvalue weighted by Crippen LogP contribution is 2.14. The van der Waals surface area contributed by atoms with Crippen molar-refractivity contribution >= 4 is 11.9 Å². The molecule has 15 heavy (non-hydrogen) atoms. The van der Waals surface area contributed by atoms with E-state index in [0.717, 1.165) is 17.9 Å². The summed E-state index contributed by atoms with van der Waals surface area (Å²) in [6.07, 6.45) is 4.41. The average molecular weight is 199 g/mol. The average Bonchev–Trinajstić information content (AvgIpc) is 2.79. The normalized spacial score (nSPS) is 11.0. The topological polar surface area (TPSA) is 25.5 Å². The highest BCUT2D eigenvalue weighted by Gasteiger charge is 1.92. The van der Waals surface area contributed by atoms with Crippen LogP contribution in [0, 0.1) is 0 Å². The van der Waals surface area contributed by atoms with Crippen LogP contribution in [-0.4, -0.2) is 6.21 Å². The Labute approximate surface area is 89.3 Å².